The van der Waals surface area contributed by atoms with Crippen LogP contribution in [0.5, 0.6) is 0 Å². The van der Waals surface area contributed by atoms with Gasteiger partial charge in [0.2, 0.25) is 0 Å². The Morgan fingerprint density at radius 3 is 2.65 bits per heavy atom. The number of nitrogens with zero attached hydrogens (tertiary/aromatic N) is 1. The second-order valence-corrected chi connectivity index (χ2v) is 3.45. The average Bonchev–Trinajstić information content (AvgIpc) is 2.25. The lowest BCUT2D eigenvalue weighted by molar-refractivity contribution is -0.137. The quantitative estimate of drug-likeness (QED) is 0.795. The normalized spacial score (nSPS) is 12.0. The van der Waals surface area contributed by atoms with Gasteiger partial charge in [0, 0.05) is 17.6 Å². The third-order valence-electron chi connectivity index (χ3n) is 2.33. The van der Waals surface area contributed by atoms with Crippen LogP contribution in [0.25, 0.3) is 10.9 Å². The van der Waals surface area contributed by atoms with Gasteiger partial charge in [0.1, 0.15) is 0 Å². The van der Waals surface area contributed by atoms with Gasteiger partial charge < -0.3 is 10.7 Å². The highest BCUT2D eigenvalue weighted by Crippen LogP contribution is 2.31. The fourth-order valence-electron chi connectivity index (χ4n) is 1.55. The molecule has 2 rings (SSSR count). The van der Waals surface area contributed by atoms with Crippen molar-refractivity contribution in [2.24, 2.45) is 5.73 Å². The number of hydrogen-bond donors (Lipinski definition) is 2. The summed E-state index contributed by atoms with van der Waals surface area (Å²) in [7, 11) is 0. The Hall–Kier alpha value is -1.89. The van der Waals surface area contributed by atoms with Gasteiger partial charge in [-0.2, -0.15) is 18.2 Å². The number of nitrogens with one attached hydrogen (secondary N) is 1. The molecule has 1 heterocycles. The lowest BCUT2D eigenvalue weighted by Gasteiger charge is -2.09. The number of fused-ring (bicyclic) bond motifs is 1. The second kappa shape index (κ2) is 3.85. The number of halogens is 3. The fraction of sp³-hybridized carbons (Fsp3) is 0.200. The molecule has 17 heavy (non-hydrogen) atoms. The molecule has 0 unspecified atom stereocenters. The lowest BCUT2D eigenvalue weighted by atomic mass is 10.1. The van der Waals surface area contributed by atoms with Crippen LogP contribution in [-0.2, 0) is 12.7 Å². The zero-order valence-electron chi connectivity index (χ0n) is 8.51. The Morgan fingerprint density at radius 2 is 2.06 bits per heavy atom. The number of alkyl halides is 3. The number of nitrogens with two attached hydrogens (primary N) is 1. The van der Waals surface area contributed by atoms with E-state index in [1.165, 1.54) is 0 Å². The van der Waals surface area contributed by atoms with E-state index in [2.05, 4.69) is 9.97 Å². The fourth-order valence-corrected chi connectivity index (χ4v) is 1.55. The van der Waals surface area contributed by atoms with Crippen LogP contribution in [0, 0.1) is 0 Å². The molecular weight excluding hydrogens is 235 g/mol. The van der Waals surface area contributed by atoms with Crippen molar-refractivity contribution >= 4 is 10.9 Å². The van der Waals surface area contributed by atoms with Crippen LogP contribution in [0.15, 0.2) is 23.0 Å². The molecule has 0 saturated heterocycles. The monoisotopic (exact) mass is 243 g/mol. The summed E-state index contributed by atoms with van der Waals surface area (Å²) in [6.07, 6.45) is -4.43. The molecule has 0 atom stereocenters. The Bertz CT molecular complexity index is 618. The molecule has 0 amide bonds. The van der Waals surface area contributed by atoms with Gasteiger partial charge in [-0.3, -0.25) is 0 Å². The second-order valence-electron chi connectivity index (χ2n) is 3.45. The molecule has 1 aromatic carbocycles. The molecule has 0 aliphatic carbocycles. The zero-order valence-corrected chi connectivity index (χ0v) is 8.51. The van der Waals surface area contributed by atoms with Gasteiger partial charge in [-0.15, -0.1) is 0 Å². The van der Waals surface area contributed by atoms with Crippen LogP contribution < -0.4 is 11.4 Å². The molecule has 0 aliphatic rings. The molecule has 1 aromatic heterocycles. The van der Waals surface area contributed by atoms with E-state index in [1.807, 2.05) is 0 Å². The maximum absolute atomic E-state index is 12.5. The minimum atomic E-state index is -4.43. The molecule has 4 nitrogen and oxygen atoms in total. The van der Waals surface area contributed by atoms with E-state index in [1.54, 1.807) is 0 Å². The summed E-state index contributed by atoms with van der Waals surface area (Å²) in [5.74, 6) is 0. The summed E-state index contributed by atoms with van der Waals surface area (Å²) in [5, 5.41) is 0.210. The van der Waals surface area contributed by atoms with Crippen molar-refractivity contribution in [2.75, 3.05) is 0 Å². The van der Waals surface area contributed by atoms with E-state index in [4.69, 9.17) is 5.73 Å². The molecule has 0 spiro atoms. The zero-order chi connectivity index (χ0) is 12.6. The van der Waals surface area contributed by atoms with Crippen molar-refractivity contribution in [3.8, 4) is 0 Å². The van der Waals surface area contributed by atoms with Gasteiger partial charge in [0.25, 0.3) is 0 Å². The van der Waals surface area contributed by atoms with Gasteiger partial charge in [0.05, 0.1) is 11.1 Å². The van der Waals surface area contributed by atoms with Gasteiger partial charge in [-0.25, -0.2) is 4.79 Å². The number of rotatable bonds is 1. The van der Waals surface area contributed by atoms with Crippen molar-refractivity contribution in [3.63, 3.8) is 0 Å². The third kappa shape index (κ3) is 2.14. The summed E-state index contributed by atoms with van der Waals surface area (Å²) in [5.41, 5.74) is 4.38. The van der Waals surface area contributed by atoms with Crippen LogP contribution in [0.3, 0.4) is 0 Å². The van der Waals surface area contributed by atoms with E-state index in [0.29, 0.717) is 0 Å². The molecule has 90 valence electrons. The summed E-state index contributed by atoms with van der Waals surface area (Å²) < 4.78 is 37.5. The summed E-state index contributed by atoms with van der Waals surface area (Å²) in [6, 6.07) is 2.97. The van der Waals surface area contributed by atoms with Crippen LogP contribution >= 0.6 is 0 Å². The number of H-pyrrole nitrogens is 1. The van der Waals surface area contributed by atoms with E-state index in [9.17, 15) is 18.0 Å². The Balaban J connectivity index is 2.76. The molecular formula is C10H8F3N3O. The lowest BCUT2D eigenvalue weighted by Crippen LogP contribution is -2.16. The number of aromatic amines is 1. The largest absolute Gasteiger partial charge is 0.416 e. The highest BCUT2D eigenvalue weighted by atomic mass is 19.4. The van der Waals surface area contributed by atoms with Gasteiger partial charge in [-0.1, -0.05) is 0 Å². The number of benzene rings is 1. The summed E-state index contributed by atoms with van der Waals surface area (Å²) in [6.45, 7) is -0.0599. The highest BCUT2D eigenvalue weighted by Gasteiger charge is 2.30. The van der Waals surface area contributed by atoms with Crippen LogP contribution in [0.1, 0.15) is 11.3 Å². The predicted octanol–water partition coefficient (Wildman–Crippen LogP) is 1.40. The topological polar surface area (TPSA) is 71.8 Å². The van der Waals surface area contributed by atoms with Crippen molar-refractivity contribution in [1.29, 1.82) is 0 Å². The Kier molecular flexibility index (Phi) is 2.62. The van der Waals surface area contributed by atoms with Crippen molar-refractivity contribution in [2.45, 2.75) is 12.7 Å². The molecule has 2 aromatic rings. The first-order valence-corrected chi connectivity index (χ1v) is 4.72. The molecule has 7 heteroatoms. The summed E-state index contributed by atoms with van der Waals surface area (Å²) >= 11 is 0. The SMILES string of the molecule is NCc1[nH]c(=O)nc2ccc(C(F)(F)F)cc12. The minimum Gasteiger partial charge on any atom is -0.325 e. The minimum absolute atomic E-state index is 0.0599. The number of aromatic nitrogens is 2. The first-order chi connectivity index (χ1) is 7.91. The smallest absolute Gasteiger partial charge is 0.325 e. The average molecular weight is 243 g/mol. The highest BCUT2D eigenvalue weighted by molar-refractivity contribution is 5.81. The third-order valence-corrected chi connectivity index (χ3v) is 2.33. The predicted molar refractivity (Wildman–Crippen MR) is 55.3 cm³/mol. The standard InChI is InChI=1S/C10H8F3N3O/c11-10(12,13)5-1-2-7-6(3-5)8(4-14)16-9(17)15-7/h1-3H,4,14H2,(H,15,16,17). The molecule has 0 radical (unpaired) electrons. The molecule has 0 bridgehead atoms. The molecule has 0 aliphatic heterocycles. The van der Waals surface area contributed by atoms with Crippen molar-refractivity contribution in [1.82, 2.24) is 9.97 Å². The first kappa shape index (κ1) is 11.6. The molecule has 0 saturated carbocycles. The maximum atomic E-state index is 12.5. The van der Waals surface area contributed by atoms with Crippen molar-refractivity contribution in [3.05, 3.63) is 39.9 Å². The van der Waals surface area contributed by atoms with E-state index >= 15 is 0 Å². The van der Waals surface area contributed by atoms with E-state index in [-0.39, 0.29) is 23.1 Å². The van der Waals surface area contributed by atoms with Gasteiger partial charge in [0.15, 0.2) is 0 Å². The van der Waals surface area contributed by atoms with Crippen molar-refractivity contribution < 1.29 is 13.2 Å². The van der Waals surface area contributed by atoms with E-state index < -0.39 is 17.4 Å². The Labute approximate surface area is 93.3 Å². The Morgan fingerprint density at radius 1 is 1.35 bits per heavy atom. The molecule has 0 fully saturated rings. The van der Waals surface area contributed by atoms with Crippen LogP contribution in [0.4, 0.5) is 13.2 Å². The van der Waals surface area contributed by atoms with Crippen LogP contribution in [0.2, 0.25) is 0 Å². The maximum Gasteiger partial charge on any atom is 0.416 e. The summed E-state index contributed by atoms with van der Waals surface area (Å²) in [4.78, 5) is 17.0. The molecule has 3 N–H and O–H groups in total. The first-order valence-electron chi connectivity index (χ1n) is 4.72. The van der Waals surface area contributed by atoms with Crippen LogP contribution in [-0.4, -0.2) is 9.97 Å². The number of hydrogen-bond acceptors (Lipinski definition) is 3. The van der Waals surface area contributed by atoms with Gasteiger partial charge in [-0.05, 0) is 18.2 Å². The van der Waals surface area contributed by atoms with E-state index in [0.717, 1.165) is 18.2 Å². The van der Waals surface area contributed by atoms with Gasteiger partial charge >= 0.3 is 11.9 Å².